The number of hydrogen-bond acceptors (Lipinski definition) is 7. The van der Waals surface area contributed by atoms with Crippen LogP contribution >= 0.6 is 0 Å². The minimum absolute atomic E-state index is 0.00738. The second-order valence-electron chi connectivity index (χ2n) is 8.61. The van der Waals surface area contributed by atoms with Crippen LogP contribution in [0.3, 0.4) is 0 Å². The molecule has 0 unspecified atom stereocenters. The van der Waals surface area contributed by atoms with Crippen molar-refractivity contribution >= 4 is 26.7 Å². The SMILES string of the molecule is COc1ccc(CN(C(=O)c2cc(=O)c3c(C)cc(C)cc3o2)[C@H]2CCS(=O)(=O)C2)cc1OC. The van der Waals surface area contributed by atoms with Gasteiger partial charge in [-0.2, -0.15) is 0 Å². The molecule has 0 bridgehead atoms. The number of hydrogen-bond donors (Lipinski definition) is 0. The smallest absolute Gasteiger partial charge is 0.290 e. The average Bonchev–Trinajstić information content (AvgIpc) is 3.15. The van der Waals surface area contributed by atoms with E-state index in [2.05, 4.69) is 0 Å². The largest absolute Gasteiger partial charge is 0.493 e. The molecule has 0 aliphatic carbocycles. The van der Waals surface area contributed by atoms with Gasteiger partial charge in [-0.05, 0) is 55.2 Å². The van der Waals surface area contributed by atoms with E-state index in [1.165, 1.54) is 25.2 Å². The van der Waals surface area contributed by atoms with Gasteiger partial charge in [-0.1, -0.05) is 12.1 Å². The van der Waals surface area contributed by atoms with E-state index >= 15 is 0 Å². The molecule has 9 heteroatoms. The second kappa shape index (κ2) is 9.13. The molecule has 1 aliphatic heterocycles. The normalized spacial score (nSPS) is 17.0. The molecule has 1 atom stereocenters. The van der Waals surface area contributed by atoms with Crippen molar-refractivity contribution < 1.29 is 27.1 Å². The highest BCUT2D eigenvalue weighted by molar-refractivity contribution is 7.91. The Balaban J connectivity index is 1.76. The number of benzene rings is 2. The van der Waals surface area contributed by atoms with Crippen molar-refractivity contribution in [1.29, 1.82) is 0 Å². The van der Waals surface area contributed by atoms with Crippen molar-refractivity contribution in [3.63, 3.8) is 0 Å². The fourth-order valence-corrected chi connectivity index (χ4v) is 6.21. The number of sulfone groups is 1. The highest BCUT2D eigenvalue weighted by atomic mass is 32.2. The van der Waals surface area contributed by atoms with Crippen LogP contribution in [-0.4, -0.2) is 51.0 Å². The van der Waals surface area contributed by atoms with Crippen LogP contribution in [0, 0.1) is 13.8 Å². The van der Waals surface area contributed by atoms with E-state index < -0.39 is 21.8 Å². The summed E-state index contributed by atoms with van der Waals surface area (Å²) in [7, 11) is -0.212. The summed E-state index contributed by atoms with van der Waals surface area (Å²) >= 11 is 0. The number of carbonyl (C=O) groups is 1. The summed E-state index contributed by atoms with van der Waals surface area (Å²) in [6, 6.07) is 9.51. The molecular formula is C25H27NO7S. The quantitative estimate of drug-likeness (QED) is 0.528. The van der Waals surface area contributed by atoms with Gasteiger partial charge < -0.3 is 18.8 Å². The van der Waals surface area contributed by atoms with Crippen LogP contribution in [0.15, 0.2) is 45.6 Å². The molecule has 0 spiro atoms. The number of aryl methyl sites for hydroxylation is 2. The van der Waals surface area contributed by atoms with Crippen LogP contribution in [0.5, 0.6) is 11.5 Å². The third-order valence-corrected chi connectivity index (χ3v) is 7.84. The topological polar surface area (TPSA) is 103 Å². The predicted octanol–water partition coefficient (Wildman–Crippen LogP) is 3.26. The van der Waals surface area contributed by atoms with Crippen molar-refractivity contribution in [2.75, 3.05) is 25.7 Å². The van der Waals surface area contributed by atoms with Gasteiger partial charge in [-0.25, -0.2) is 8.42 Å². The van der Waals surface area contributed by atoms with Crippen molar-refractivity contribution in [2.45, 2.75) is 32.9 Å². The summed E-state index contributed by atoms with van der Waals surface area (Å²) in [4.78, 5) is 27.9. The van der Waals surface area contributed by atoms with Crippen molar-refractivity contribution in [3.8, 4) is 11.5 Å². The summed E-state index contributed by atoms with van der Waals surface area (Å²) in [5.41, 5.74) is 2.42. The lowest BCUT2D eigenvalue weighted by atomic mass is 10.1. The predicted molar refractivity (Wildman–Crippen MR) is 128 cm³/mol. The first-order chi connectivity index (χ1) is 16.1. The maximum atomic E-state index is 13.6. The number of fused-ring (bicyclic) bond motifs is 1. The molecule has 2 aromatic carbocycles. The minimum Gasteiger partial charge on any atom is -0.493 e. The fourth-order valence-electron chi connectivity index (χ4n) is 4.47. The molecule has 4 rings (SSSR count). The third kappa shape index (κ3) is 4.65. The summed E-state index contributed by atoms with van der Waals surface area (Å²) in [6.45, 7) is 3.82. The van der Waals surface area contributed by atoms with E-state index in [4.69, 9.17) is 13.9 Å². The molecule has 1 fully saturated rings. The van der Waals surface area contributed by atoms with E-state index in [-0.39, 0.29) is 29.2 Å². The van der Waals surface area contributed by atoms with Crippen LogP contribution in [0.2, 0.25) is 0 Å². The Labute approximate surface area is 198 Å². The Morgan fingerprint density at radius 1 is 1.09 bits per heavy atom. The molecule has 0 saturated carbocycles. The number of amides is 1. The molecule has 3 aromatic rings. The van der Waals surface area contributed by atoms with Crippen molar-refractivity contribution in [1.82, 2.24) is 4.90 Å². The first-order valence-electron chi connectivity index (χ1n) is 10.9. The number of methoxy groups -OCH3 is 2. The summed E-state index contributed by atoms with van der Waals surface area (Å²) in [5, 5.41) is 0.428. The summed E-state index contributed by atoms with van der Waals surface area (Å²) in [6.07, 6.45) is 0.317. The molecule has 1 amide bonds. The second-order valence-corrected chi connectivity index (χ2v) is 10.8. The highest BCUT2D eigenvalue weighted by Crippen LogP contribution is 2.30. The third-order valence-electron chi connectivity index (χ3n) is 6.09. The molecule has 8 nitrogen and oxygen atoms in total. The molecule has 180 valence electrons. The monoisotopic (exact) mass is 485 g/mol. The van der Waals surface area contributed by atoms with Crippen LogP contribution in [0.25, 0.3) is 11.0 Å². The Bertz CT molecular complexity index is 1430. The van der Waals surface area contributed by atoms with Gasteiger partial charge >= 0.3 is 0 Å². The molecule has 0 radical (unpaired) electrons. The lowest BCUT2D eigenvalue weighted by Crippen LogP contribution is -2.41. The van der Waals surface area contributed by atoms with Gasteiger partial charge in [0.2, 0.25) is 0 Å². The first-order valence-corrected chi connectivity index (χ1v) is 12.7. The van der Waals surface area contributed by atoms with Gasteiger partial charge in [0.05, 0.1) is 31.1 Å². The Kier molecular flexibility index (Phi) is 6.40. The average molecular weight is 486 g/mol. The summed E-state index contributed by atoms with van der Waals surface area (Å²) in [5.74, 6) is 0.256. The van der Waals surface area contributed by atoms with E-state index in [1.54, 1.807) is 24.3 Å². The Morgan fingerprint density at radius 2 is 1.82 bits per heavy atom. The van der Waals surface area contributed by atoms with Gasteiger partial charge in [0.25, 0.3) is 5.91 Å². The first kappa shape index (κ1) is 23.8. The van der Waals surface area contributed by atoms with Crippen molar-refractivity contribution in [2.24, 2.45) is 0 Å². The molecular weight excluding hydrogens is 458 g/mol. The zero-order valence-corrected chi connectivity index (χ0v) is 20.4. The molecule has 2 heterocycles. The van der Waals surface area contributed by atoms with E-state index in [0.717, 1.165) is 16.7 Å². The Hall–Kier alpha value is -3.33. The molecule has 1 saturated heterocycles. The maximum Gasteiger partial charge on any atom is 0.290 e. The van der Waals surface area contributed by atoms with Crippen molar-refractivity contribution in [3.05, 3.63) is 69.1 Å². The maximum absolute atomic E-state index is 13.6. The molecule has 1 aliphatic rings. The van der Waals surface area contributed by atoms with E-state index in [0.29, 0.717) is 28.9 Å². The van der Waals surface area contributed by atoms with Gasteiger partial charge in [-0.15, -0.1) is 0 Å². The van der Waals surface area contributed by atoms with Crippen LogP contribution in [0.4, 0.5) is 0 Å². The standard InChI is InChI=1S/C25H27NO7S/c1-15-9-16(2)24-19(27)12-23(33-22(24)10-15)25(28)26(18-7-8-34(29,30)14-18)13-17-5-6-20(31-3)21(11-17)32-4/h5-6,9-12,18H,7-8,13-14H2,1-4H3/t18-/m0/s1. The fraction of sp³-hybridized carbons (Fsp3) is 0.360. The number of carbonyl (C=O) groups excluding carboxylic acids is 1. The highest BCUT2D eigenvalue weighted by Gasteiger charge is 2.36. The Morgan fingerprint density at radius 3 is 2.47 bits per heavy atom. The molecule has 0 N–H and O–H groups in total. The number of rotatable bonds is 6. The zero-order valence-electron chi connectivity index (χ0n) is 19.6. The number of ether oxygens (including phenoxy) is 2. The minimum atomic E-state index is -3.26. The van der Waals surface area contributed by atoms with Gasteiger partial charge in [0.15, 0.2) is 32.5 Å². The molecule has 1 aromatic heterocycles. The van der Waals surface area contributed by atoms with Gasteiger partial charge in [-0.3, -0.25) is 9.59 Å². The van der Waals surface area contributed by atoms with E-state index in [9.17, 15) is 18.0 Å². The van der Waals surface area contributed by atoms with Crippen LogP contribution in [0.1, 0.15) is 33.7 Å². The zero-order chi connectivity index (χ0) is 24.6. The lowest BCUT2D eigenvalue weighted by molar-refractivity contribution is 0.0648. The lowest BCUT2D eigenvalue weighted by Gasteiger charge is -2.28. The number of nitrogens with zero attached hydrogens (tertiary/aromatic N) is 1. The summed E-state index contributed by atoms with van der Waals surface area (Å²) < 4.78 is 40.9. The van der Waals surface area contributed by atoms with Gasteiger partial charge in [0.1, 0.15) is 5.58 Å². The van der Waals surface area contributed by atoms with Gasteiger partial charge in [0, 0.05) is 18.7 Å². The van der Waals surface area contributed by atoms with Crippen LogP contribution in [-0.2, 0) is 16.4 Å². The molecule has 34 heavy (non-hydrogen) atoms. The van der Waals surface area contributed by atoms with E-state index in [1.807, 2.05) is 19.9 Å². The van der Waals surface area contributed by atoms with Crippen LogP contribution < -0.4 is 14.9 Å².